The number of rotatable bonds is 7. The predicted octanol–water partition coefficient (Wildman–Crippen LogP) is 3.53. The summed E-state index contributed by atoms with van der Waals surface area (Å²) in [5.41, 5.74) is 4.01. The molecule has 2 aromatic rings. The van der Waals surface area contributed by atoms with Gasteiger partial charge in [-0.25, -0.2) is 0 Å². The van der Waals surface area contributed by atoms with Gasteiger partial charge in [-0.1, -0.05) is 30.3 Å². The van der Waals surface area contributed by atoms with Crippen LogP contribution in [0.4, 0.5) is 0 Å². The zero-order valence-corrected chi connectivity index (χ0v) is 17.9. The van der Waals surface area contributed by atoms with Gasteiger partial charge in [-0.05, 0) is 36.1 Å². The Hall–Kier alpha value is -1.93. The molecule has 1 saturated heterocycles. The van der Waals surface area contributed by atoms with E-state index in [1.807, 2.05) is 18.2 Å². The van der Waals surface area contributed by atoms with E-state index in [1.165, 1.54) is 0 Å². The van der Waals surface area contributed by atoms with Gasteiger partial charge < -0.3 is 14.2 Å². The van der Waals surface area contributed by atoms with E-state index < -0.39 is 16.2 Å². The number of ether oxygens (including phenoxy) is 3. The average molecular weight is 431 g/mol. The number of benzene rings is 2. The minimum atomic E-state index is -3.47. The van der Waals surface area contributed by atoms with E-state index in [-0.39, 0.29) is 23.2 Å². The van der Waals surface area contributed by atoms with Crippen molar-refractivity contribution in [3.05, 3.63) is 53.6 Å². The lowest BCUT2D eigenvalue weighted by Crippen LogP contribution is -2.38. The maximum atomic E-state index is 12.3. The summed E-state index contributed by atoms with van der Waals surface area (Å²) in [6, 6.07) is 14.3. The highest BCUT2D eigenvalue weighted by Gasteiger charge is 2.65. The molecule has 160 valence electrons. The van der Waals surface area contributed by atoms with E-state index in [2.05, 4.69) is 24.3 Å². The van der Waals surface area contributed by atoms with Crippen LogP contribution in [-0.4, -0.2) is 40.1 Å². The molecule has 1 heterocycles. The zero-order chi connectivity index (χ0) is 20.9. The highest BCUT2D eigenvalue weighted by atomic mass is 32.2. The van der Waals surface area contributed by atoms with E-state index >= 15 is 0 Å². The highest BCUT2D eigenvalue weighted by molar-refractivity contribution is 7.87. The molecule has 7 heteroatoms. The van der Waals surface area contributed by atoms with Crippen LogP contribution in [0, 0.1) is 11.8 Å². The largest absolute Gasteiger partial charge is 0.487 e. The van der Waals surface area contributed by atoms with Crippen LogP contribution < -0.4 is 4.74 Å². The van der Waals surface area contributed by atoms with Crippen molar-refractivity contribution in [3.63, 3.8) is 0 Å². The van der Waals surface area contributed by atoms with Crippen molar-refractivity contribution < 1.29 is 26.8 Å². The first-order valence-electron chi connectivity index (χ1n) is 10.3. The van der Waals surface area contributed by atoms with Crippen molar-refractivity contribution in [1.82, 2.24) is 0 Å². The van der Waals surface area contributed by atoms with Crippen LogP contribution in [0.25, 0.3) is 11.1 Å². The average Bonchev–Trinajstić information content (AvgIpc) is 3.35. The van der Waals surface area contributed by atoms with Gasteiger partial charge >= 0.3 is 0 Å². The molecule has 6 nitrogen and oxygen atoms in total. The van der Waals surface area contributed by atoms with Gasteiger partial charge in [-0.2, -0.15) is 8.42 Å². The third kappa shape index (κ3) is 3.24. The van der Waals surface area contributed by atoms with Gasteiger partial charge in [-0.15, -0.1) is 0 Å². The first-order valence-corrected chi connectivity index (χ1v) is 11.8. The second-order valence-electron chi connectivity index (χ2n) is 8.43. The van der Waals surface area contributed by atoms with Crippen LogP contribution in [0.15, 0.2) is 42.5 Å². The minimum absolute atomic E-state index is 0.0466. The fraction of sp³-hybridized carbons (Fsp3) is 0.478. The third-order valence-corrected chi connectivity index (χ3v) is 8.39. The van der Waals surface area contributed by atoms with Crippen molar-refractivity contribution in [2.75, 3.05) is 14.2 Å². The van der Waals surface area contributed by atoms with Crippen LogP contribution >= 0.6 is 0 Å². The van der Waals surface area contributed by atoms with Gasteiger partial charge in [-0.3, -0.25) is 4.18 Å². The first kappa shape index (κ1) is 20.0. The Balaban J connectivity index is 1.53. The molecule has 0 N–H and O–H groups in total. The van der Waals surface area contributed by atoms with Crippen molar-refractivity contribution in [2.45, 2.75) is 43.5 Å². The number of hydrogen-bond donors (Lipinski definition) is 0. The smallest absolute Gasteiger partial charge is 0.271 e. The zero-order valence-electron chi connectivity index (χ0n) is 17.1. The van der Waals surface area contributed by atoms with Crippen molar-refractivity contribution in [1.29, 1.82) is 0 Å². The highest BCUT2D eigenvalue weighted by Crippen LogP contribution is 2.55. The van der Waals surface area contributed by atoms with Crippen LogP contribution in [0.3, 0.4) is 0 Å². The lowest BCUT2D eigenvalue weighted by molar-refractivity contribution is 0.0396. The SMILES string of the molecule is COCc1cc(-c2ccccc2)cc(COC)c1OC1C2CC3C1OS(=O)(=O)C3C2. The number of fused-ring (bicyclic) bond motifs is 1. The molecule has 0 spiro atoms. The Morgan fingerprint density at radius 2 is 1.63 bits per heavy atom. The van der Waals surface area contributed by atoms with E-state index in [9.17, 15) is 8.42 Å². The standard InChI is InChI=1S/C23H26O6S/c1-26-12-17-8-15(14-6-4-3-5-7-14)9-18(13-27-2)21(17)28-22-16-10-19-20(11-16)30(24,25)29-23(19)22/h3-9,16,19-20,22-23H,10-13H2,1-2H3. The Morgan fingerprint density at radius 3 is 2.27 bits per heavy atom. The summed E-state index contributed by atoms with van der Waals surface area (Å²) in [7, 11) is -0.156. The molecule has 0 radical (unpaired) electrons. The van der Waals surface area contributed by atoms with E-state index in [0.717, 1.165) is 34.4 Å². The summed E-state index contributed by atoms with van der Waals surface area (Å²) in [6.07, 6.45) is 0.811. The monoisotopic (exact) mass is 430 g/mol. The third-order valence-electron chi connectivity index (χ3n) is 6.62. The van der Waals surface area contributed by atoms with Gasteiger partial charge in [0.25, 0.3) is 10.1 Å². The minimum Gasteiger partial charge on any atom is -0.487 e. The molecule has 30 heavy (non-hydrogen) atoms. The number of hydrogen-bond acceptors (Lipinski definition) is 6. The normalized spacial score (nSPS) is 30.7. The lowest BCUT2D eigenvalue weighted by atomic mass is 9.94. The molecule has 2 bridgehead atoms. The molecule has 0 amide bonds. The molecular formula is C23H26O6S. The summed E-state index contributed by atoms with van der Waals surface area (Å²) in [4.78, 5) is 0. The first-order chi connectivity index (χ1) is 14.5. The predicted molar refractivity (Wildman–Crippen MR) is 112 cm³/mol. The van der Waals surface area contributed by atoms with Crippen LogP contribution in [0.2, 0.25) is 0 Å². The molecule has 3 fully saturated rings. The maximum Gasteiger partial charge on any atom is 0.271 e. The Morgan fingerprint density at radius 1 is 0.967 bits per heavy atom. The second-order valence-corrected chi connectivity index (χ2v) is 10.2. The lowest BCUT2D eigenvalue weighted by Gasteiger charge is -2.28. The molecule has 5 unspecified atom stereocenters. The second kappa shape index (κ2) is 7.64. The number of methoxy groups -OCH3 is 2. The van der Waals surface area contributed by atoms with Gasteiger partial charge in [0, 0.05) is 37.2 Å². The van der Waals surface area contributed by atoms with Gasteiger partial charge in [0.15, 0.2) is 0 Å². The Bertz CT molecular complexity index is 1010. The Labute approximate surface area is 177 Å². The fourth-order valence-electron chi connectivity index (χ4n) is 5.41. The molecule has 2 saturated carbocycles. The molecule has 2 aromatic carbocycles. The summed E-state index contributed by atoms with van der Waals surface area (Å²) in [5.74, 6) is 0.965. The molecule has 3 aliphatic rings. The summed E-state index contributed by atoms with van der Waals surface area (Å²) >= 11 is 0. The fourth-order valence-corrected chi connectivity index (χ4v) is 7.29. The summed E-state index contributed by atoms with van der Waals surface area (Å²) in [6.45, 7) is 0.778. The molecule has 0 aromatic heterocycles. The van der Waals surface area contributed by atoms with Crippen molar-refractivity contribution in [2.24, 2.45) is 11.8 Å². The van der Waals surface area contributed by atoms with Crippen LogP contribution in [0.5, 0.6) is 5.75 Å². The summed E-state index contributed by atoms with van der Waals surface area (Å²) < 4.78 is 47.6. The van der Waals surface area contributed by atoms with E-state index in [1.54, 1.807) is 14.2 Å². The van der Waals surface area contributed by atoms with E-state index in [0.29, 0.717) is 19.6 Å². The molecular weight excluding hydrogens is 404 g/mol. The maximum absolute atomic E-state index is 12.3. The van der Waals surface area contributed by atoms with Crippen LogP contribution in [-0.2, 0) is 37.0 Å². The van der Waals surface area contributed by atoms with Gasteiger partial charge in [0.1, 0.15) is 18.0 Å². The molecule has 5 rings (SSSR count). The molecule has 1 aliphatic heterocycles. The van der Waals surface area contributed by atoms with E-state index in [4.69, 9.17) is 18.4 Å². The molecule has 2 aliphatic carbocycles. The van der Waals surface area contributed by atoms with Crippen molar-refractivity contribution in [3.8, 4) is 16.9 Å². The summed E-state index contributed by atoms with van der Waals surface area (Å²) in [5, 5.41) is -0.357. The molecule has 5 atom stereocenters. The van der Waals surface area contributed by atoms with Gasteiger partial charge in [0.05, 0.1) is 18.5 Å². The quantitative estimate of drug-likeness (QED) is 0.626. The van der Waals surface area contributed by atoms with Crippen molar-refractivity contribution >= 4 is 10.1 Å². The topological polar surface area (TPSA) is 71.1 Å². The van der Waals surface area contributed by atoms with Crippen LogP contribution in [0.1, 0.15) is 24.0 Å². The Kier molecular flexibility index (Phi) is 5.09. The van der Waals surface area contributed by atoms with Gasteiger partial charge in [0.2, 0.25) is 0 Å².